The first-order chi connectivity index (χ1) is 4.70. The third-order valence-corrected chi connectivity index (χ3v) is 1.49. The molecule has 1 heteroatoms. The second-order valence-corrected chi connectivity index (χ2v) is 2.81. The lowest BCUT2D eigenvalue weighted by Crippen LogP contribution is -2.15. The minimum absolute atomic E-state index is 0.667. The molecule has 0 amide bonds. The maximum atomic E-state index is 2.29. The lowest BCUT2D eigenvalue weighted by atomic mass is 10.2. The van der Waals surface area contributed by atoms with Crippen molar-refractivity contribution in [1.82, 2.24) is 4.90 Å². The minimum Gasteiger partial charge on any atom is -0.378 e. The Balaban J connectivity index is 3.61. The highest BCUT2D eigenvalue weighted by Crippen LogP contribution is 1.96. The summed E-state index contributed by atoms with van der Waals surface area (Å²) in [5.74, 6) is 0.667. The summed E-state index contributed by atoms with van der Waals surface area (Å²) < 4.78 is 0. The van der Waals surface area contributed by atoms with E-state index in [2.05, 4.69) is 44.9 Å². The molecule has 0 heterocycles. The van der Waals surface area contributed by atoms with Crippen molar-refractivity contribution < 1.29 is 0 Å². The molecule has 10 heavy (non-hydrogen) atoms. The van der Waals surface area contributed by atoms with Crippen LogP contribution in [0.4, 0.5) is 0 Å². The molecule has 0 aliphatic carbocycles. The van der Waals surface area contributed by atoms with E-state index in [1.807, 2.05) is 0 Å². The largest absolute Gasteiger partial charge is 0.378 e. The van der Waals surface area contributed by atoms with Crippen molar-refractivity contribution >= 4 is 0 Å². The van der Waals surface area contributed by atoms with Gasteiger partial charge in [0.25, 0.3) is 0 Å². The van der Waals surface area contributed by atoms with E-state index < -0.39 is 0 Å². The van der Waals surface area contributed by atoms with Crippen molar-refractivity contribution in [2.75, 3.05) is 13.1 Å². The zero-order valence-electron chi connectivity index (χ0n) is 7.59. The Hall–Kier alpha value is -0.460. The van der Waals surface area contributed by atoms with E-state index in [9.17, 15) is 0 Å². The van der Waals surface area contributed by atoms with E-state index in [1.165, 1.54) is 0 Å². The Morgan fingerprint density at radius 1 is 1.20 bits per heavy atom. The molecule has 0 radical (unpaired) electrons. The number of allylic oxidation sites excluding steroid dienone is 1. The monoisotopic (exact) mass is 141 g/mol. The molecule has 0 aliphatic rings. The molecule has 0 rings (SSSR count). The molecular formula is C9H19N. The van der Waals surface area contributed by atoms with Crippen molar-refractivity contribution in [3.8, 4) is 0 Å². The fourth-order valence-corrected chi connectivity index (χ4v) is 0.728. The minimum atomic E-state index is 0.667. The second-order valence-electron chi connectivity index (χ2n) is 2.81. The molecule has 60 valence electrons. The summed E-state index contributed by atoms with van der Waals surface area (Å²) in [7, 11) is 0. The Bertz CT molecular complexity index is 90.9. The van der Waals surface area contributed by atoms with Crippen LogP contribution in [0.2, 0.25) is 0 Å². The SMILES string of the molecule is CCN(/C=C/C(C)C)CC. The lowest BCUT2D eigenvalue weighted by Gasteiger charge is -2.14. The van der Waals surface area contributed by atoms with Crippen molar-refractivity contribution in [2.45, 2.75) is 27.7 Å². The molecule has 0 spiro atoms. The number of nitrogens with zero attached hydrogens (tertiary/aromatic N) is 1. The van der Waals surface area contributed by atoms with Gasteiger partial charge in [-0.05, 0) is 26.0 Å². The third kappa shape index (κ3) is 4.42. The van der Waals surface area contributed by atoms with Gasteiger partial charge in [0.2, 0.25) is 0 Å². The van der Waals surface area contributed by atoms with Gasteiger partial charge in [0.1, 0.15) is 0 Å². The summed E-state index contributed by atoms with van der Waals surface area (Å²) >= 11 is 0. The molecule has 0 aliphatic heterocycles. The van der Waals surface area contributed by atoms with Crippen LogP contribution in [0.3, 0.4) is 0 Å². The molecule has 0 aromatic rings. The topological polar surface area (TPSA) is 3.24 Å². The van der Waals surface area contributed by atoms with Crippen molar-refractivity contribution in [1.29, 1.82) is 0 Å². The average molecular weight is 141 g/mol. The Morgan fingerprint density at radius 3 is 2.00 bits per heavy atom. The fourth-order valence-electron chi connectivity index (χ4n) is 0.728. The third-order valence-electron chi connectivity index (χ3n) is 1.49. The fraction of sp³-hybridized carbons (Fsp3) is 0.778. The molecule has 0 saturated carbocycles. The van der Waals surface area contributed by atoms with E-state index in [0.717, 1.165) is 13.1 Å². The zero-order chi connectivity index (χ0) is 7.98. The number of hydrogen-bond acceptors (Lipinski definition) is 1. The predicted octanol–water partition coefficient (Wildman–Crippen LogP) is 2.50. The van der Waals surface area contributed by atoms with E-state index in [-0.39, 0.29) is 0 Å². The second kappa shape index (κ2) is 5.33. The van der Waals surface area contributed by atoms with Crippen LogP contribution in [0.25, 0.3) is 0 Å². The first kappa shape index (κ1) is 9.54. The molecule has 0 N–H and O–H groups in total. The maximum absolute atomic E-state index is 2.29. The van der Waals surface area contributed by atoms with Crippen LogP contribution >= 0.6 is 0 Å². The lowest BCUT2D eigenvalue weighted by molar-refractivity contribution is 0.416. The smallest absolute Gasteiger partial charge is 0.0143 e. The Morgan fingerprint density at radius 2 is 1.70 bits per heavy atom. The summed E-state index contributed by atoms with van der Waals surface area (Å²) in [5.41, 5.74) is 0. The van der Waals surface area contributed by atoms with Gasteiger partial charge in [0, 0.05) is 13.1 Å². The number of hydrogen-bond donors (Lipinski definition) is 0. The molecule has 0 saturated heterocycles. The van der Waals surface area contributed by atoms with Crippen LogP contribution in [0.5, 0.6) is 0 Å². The molecule has 0 aromatic heterocycles. The summed E-state index contributed by atoms with van der Waals surface area (Å²) in [6.07, 6.45) is 4.41. The van der Waals surface area contributed by atoms with Gasteiger partial charge >= 0.3 is 0 Å². The highest BCUT2D eigenvalue weighted by atomic mass is 15.1. The van der Waals surface area contributed by atoms with Gasteiger partial charge in [-0.2, -0.15) is 0 Å². The van der Waals surface area contributed by atoms with Crippen molar-refractivity contribution in [3.63, 3.8) is 0 Å². The molecule has 0 aromatic carbocycles. The van der Waals surface area contributed by atoms with E-state index in [4.69, 9.17) is 0 Å². The van der Waals surface area contributed by atoms with E-state index in [0.29, 0.717) is 5.92 Å². The highest BCUT2D eigenvalue weighted by Gasteiger charge is 1.89. The summed E-state index contributed by atoms with van der Waals surface area (Å²) in [4.78, 5) is 2.29. The molecule has 0 unspecified atom stereocenters. The van der Waals surface area contributed by atoms with Crippen molar-refractivity contribution in [3.05, 3.63) is 12.3 Å². The van der Waals surface area contributed by atoms with Gasteiger partial charge < -0.3 is 4.90 Å². The summed E-state index contributed by atoms with van der Waals surface area (Å²) in [5, 5.41) is 0. The molecule has 0 fully saturated rings. The van der Waals surface area contributed by atoms with Crippen LogP contribution < -0.4 is 0 Å². The van der Waals surface area contributed by atoms with Crippen LogP contribution in [-0.2, 0) is 0 Å². The zero-order valence-corrected chi connectivity index (χ0v) is 7.59. The van der Waals surface area contributed by atoms with E-state index >= 15 is 0 Å². The van der Waals surface area contributed by atoms with Crippen LogP contribution in [0, 0.1) is 5.92 Å². The van der Waals surface area contributed by atoms with E-state index in [1.54, 1.807) is 0 Å². The Kier molecular flexibility index (Phi) is 5.09. The van der Waals surface area contributed by atoms with Gasteiger partial charge in [0.15, 0.2) is 0 Å². The van der Waals surface area contributed by atoms with Gasteiger partial charge in [-0.15, -0.1) is 0 Å². The van der Waals surface area contributed by atoms with Crippen molar-refractivity contribution in [2.24, 2.45) is 5.92 Å². The van der Waals surface area contributed by atoms with Gasteiger partial charge in [-0.3, -0.25) is 0 Å². The average Bonchev–Trinajstić information content (AvgIpc) is 1.90. The van der Waals surface area contributed by atoms with Gasteiger partial charge in [-0.1, -0.05) is 19.9 Å². The molecule has 0 atom stereocenters. The predicted molar refractivity (Wildman–Crippen MR) is 46.9 cm³/mol. The van der Waals surface area contributed by atoms with Crippen LogP contribution in [0.1, 0.15) is 27.7 Å². The maximum Gasteiger partial charge on any atom is 0.0143 e. The number of rotatable bonds is 4. The first-order valence-corrected chi connectivity index (χ1v) is 4.13. The molecule has 0 bridgehead atoms. The van der Waals surface area contributed by atoms with Crippen LogP contribution in [0.15, 0.2) is 12.3 Å². The highest BCUT2D eigenvalue weighted by molar-refractivity contribution is 4.83. The normalized spacial score (nSPS) is 11.3. The Labute approximate surface area is 64.7 Å². The molecule has 1 nitrogen and oxygen atoms in total. The summed E-state index contributed by atoms with van der Waals surface area (Å²) in [6.45, 7) is 11.0. The van der Waals surface area contributed by atoms with Crippen LogP contribution in [-0.4, -0.2) is 18.0 Å². The van der Waals surface area contributed by atoms with Gasteiger partial charge in [-0.25, -0.2) is 0 Å². The standard InChI is InChI=1S/C9H19N/c1-5-10(6-2)8-7-9(3)4/h7-9H,5-6H2,1-4H3/b8-7+. The molecular weight excluding hydrogens is 122 g/mol. The quantitative estimate of drug-likeness (QED) is 0.581. The first-order valence-electron chi connectivity index (χ1n) is 4.13. The summed E-state index contributed by atoms with van der Waals surface area (Å²) in [6, 6.07) is 0. The van der Waals surface area contributed by atoms with Gasteiger partial charge in [0.05, 0.1) is 0 Å².